The van der Waals surface area contributed by atoms with Crippen LogP contribution in [0.1, 0.15) is 54.7 Å². The highest BCUT2D eigenvalue weighted by Crippen LogP contribution is 2.27. The van der Waals surface area contributed by atoms with Crippen LogP contribution in [0.2, 0.25) is 0 Å². The van der Waals surface area contributed by atoms with E-state index in [1.165, 1.54) is 0 Å². The number of carbonyl (C=O) groups excluding carboxylic acids is 1. The molecular weight excluding hydrogens is 354 g/mol. The molecule has 0 aliphatic rings. The topological polar surface area (TPSA) is 67.8 Å². The lowest BCUT2D eigenvalue weighted by Crippen LogP contribution is -2.25. The summed E-state index contributed by atoms with van der Waals surface area (Å²) < 4.78 is 11.3. The van der Waals surface area contributed by atoms with Crippen molar-refractivity contribution in [2.24, 2.45) is 0 Å². The quantitative estimate of drug-likeness (QED) is 0.643. The Hall–Kier alpha value is -2.37. The predicted octanol–water partition coefficient (Wildman–Crippen LogP) is 4.21. The minimum atomic E-state index is -0.0916. The van der Waals surface area contributed by atoms with Crippen LogP contribution in [0.25, 0.3) is 0 Å². The first kappa shape index (κ1) is 21.9. The first-order valence-electron chi connectivity index (χ1n) is 9.77. The average molecular weight is 386 g/mol. The van der Waals surface area contributed by atoms with Gasteiger partial charge in [-0.2, -0.15) is 0 Å². The Labute approximate surface area is 167 Å². The summed E-state index contributed by atoms with van der Waals surface area (Å²) in [6.45, 7) is 9.02. The Balaban J connectivity index is 2.07. The van der Waals surface area contributed by atoms with E-state index in [9.17, 15) is 9.90 Å². The summed E-state index contributed by atoms with van der Waals surface area (Å²) in [5.41, 5.74) is 3.15. The molecule has 0 radical (unpaired) electrons. The molecule has 152 valence electrons. The van der Waals surface area contributed by atoms with Gasteiger partial charge in [-0.1, -0.05) is 18.2 Å². The number of carbonyl (C=O) groups is 1. The van der Waals surface area contributed by atoms with Gasteiger partial charge in [0.2, 0.25) is 0 Å². The van der Waals surface area contributed by atoms with Crippen molar-refractivity contribution in [1.82, 2.24) is 5.32 Å². The van der Waals surface area contributed by atoms with Crippen LogP contribution in [0.3, 0.4) is 0 Å². The van der Waals surface area contributed by atoms with E-state index >= 15 is 0 Å². The Bertz CT molecular complexity index is 723. The number of phenols is 1. The van der Waals surface area contributed by atoms with Crippen molar-refractivity contribution in [2.75, 3.05) is 6.54 Å². The number of aromatic hydroxyl groups is 1. The molecule has 0 heterocycles. The molecule has 5 nitrogen and oxygen atoms in total. The molecule has 2 rings (SSSR count). The maximum Gasteiger partial charge on any atom is 0.251 e. The number of amides is 1. The van der Waals surface area contributed by atoms with E-state index in [1.807, 2.05) is 58.0 Å². The molecule has 0 atom stereocenters. The van der Waals surface area contributed by atoms with Gasteiger partial charge in [0.05, 0.1) is 25.4 Å². The van der Waals surface area contributed by atoms with Gasteiger partial charge in [-0.25, -0.2) is 0 Å². The number of hydrogen-bond donors (Lipinski definition) is 2. The third-order valence-electron chi connectivity index (χ3n) is 4.21. The standard InChI is InChI=1S/C23H31NO4/c1-16(2)27-14-20-12-18(13-21(22(20)25)15-28-17(3)4)10-11-24-23(26)19-8-6-5-7-9-19/h5-9,12-13,16-17,25H,10-11,14-15H2,1-4H3,(H,24,26). The highest BCUT2D eigenvalue weighted by molar-refractivity contribution is 5.94. The first-order chi connectivity index (χ1) is 13.4. The number of phenolic OH excluding ortho intramolecular Hbond substituents is 1. The number of ether oxygens (including phenoxy) is 2. The van der Waals surface area contributed by atoms with Crippen LogP contribution in [-0.2, 0) is 29.1 Å². The van der Waals surface area contributed by atoms with Crippen molar-refractivity contribution in [1.29, 1.82) is 0 Å². The Morgan fingerprint density at radius 1 is 0.964 bits per heavy atom. The fourth-order valence-corrected chi connectivity index (χ4v) is 2.72. The van der Waals surface area contributed by atoms with Crippen molar-refractivity contribution in [2.45, 2.75) is 59.5 Å². The van der Waals surface area contributed by atoms with Gasteiger partial charge in [-0.05, 0) is 63.9 Å². The van der Waals surface area contributed by atoms with Crippen molar-refractivity contribution >= 4 is 5.91 Å². The van der Waals surface area contributed by atoms with Crippen LogP contribution in [0.5, 0.6) is 5.75 Å². The van der Waals surface area contributed by atoms with Crippen LogP contribution in [0, 0.1) is 0 Å². The minimum absolute atomic E-state index is 0.0728. The molecule has 0 aliphatic carbocycles. The zero-order valence-corrected chi connectivity index (χ0v) is 17.2. The Morgan fingerprint density at radius 2 is 1.50 bits per heavy atom. The molecule has 2 aromatic carbocycles. The van der Waals surface area contributed by atoms with Crippen LogP contribution in [0.15, 0.2) is 42.5 Å². The summed E-state index contributed by atoms with van der Waals surface area (Å²) >= 11 is 0. The molecule has 5 heteroatoms. The van der Waals surface area contributed by atoms with Gasteiger partial charge in [0.1, 0.15) is 5.75 Å². The largest absolute Gasteiger partial charge is 0.507 e. The second-order valence-corrected chi connectivity index (χ2v) is 7.35. The first-order valence-corrected chi connectivity index (χ1v) is 9.77. The van der Waals surface area contributed by atoms with Gasteiger partial charge in [-0.15, -0.1) is 0 Å². The van der Waals surface area contributed by atoms with Crippen molar-refractivity contribution in [3.05, 3.63) is 64.7 Å². The lowest BCUT2D eigenvalue weighted by Gasteiger charge is -2.16. The Morgan fingerprint density at radius 3 is 2.00 bits per heavy atom. The maximum absolute atomic E-state index is 12.2. The van der Waals surface area contributed by atoms with Crippen LogP contribution >= 0.6 is 0 Å². The van der Waals surface area contributed by atoms with Gasteiger partial charge in [0.15, 0.2) is 0 Å². The smallest absolute Gasteiger partial charge is 0.251 e. The summed E-state index contributed by atoms with van der Waals surface area (Å²) in [7, 11) is 0. The fourth-order valence-electron chi connectivity index (χ4n) is 2.72. The number of nitrogens with one attached hydrogen (secondary N) is 1. The second kappa shape index (κ2) is 10.8. The van der Waals surface area contributed by atoms with Gasteiger partial charge in [0, 0.05) is 23.2 Å². The van der Waals surface area contributed by atoms with E-state index < -0.39 is 0 Å². The zero-order chi connectivity index (χ0) is 20.5. The molecule has 1 amide bonds. The molecule has 0 spiro atoms. The monoisotopic (exact) mass is 385 g/mol. The van der Waals surface area contributed by atoms with E-state index in [4.69, 9.17) is 9.47 Å². The highest BCUT2D eigenvalue weighted by Gasteiger charge is 2.13. The van der Waals surface area contributed by atoms with Crippen LogP contribution < -0.4 is 5.32 Å². The molecule has 0 saturated heterocycles. The van der Waals surface area contributed by atoms with Crippen LogP contribution in [-0.4, -0.2) is 29.8 Å². The predicted molar refractivity (Wildman–Crippen MR) is 110 cm³/mol. The molecule has 2 N–H and O–H groups in total. The number of hydrogen-bond acceptors (Lipinski definition) is 4. The number of rotatable bonds is 10. The third kappa shape index (κ3) is 6.98. The molecule has 0 unspecified atom stereocenters. The van der Waals surface area contributed by atoms with E-state index in [-0.39, 0.29) is 23.9 Å². The molecule has 0 saturated carbocycles. The molecule has 0 fully saturated rings. The van der Waals surface area contributed by atoms with E-state index in [2.05, 4.69) is 5.32 Å². The molecular formula is C23H31NO4. The molecule has 2 aromatic rings. The molecule has 0 bridgehead atoms. The summed E-state index contributed by atoms with van der Waals surface area (Å²) in [6.07, 6.45) is 0.800. The number of benzene rings is 2. The van der Waals surface area contributed by atoms with Gasteiger partial charge < -0.3 is 19.9 Å². The minimum Gasteiger partial charge on any atom is -0.507 e. The average Bonchev–Trinajstić information content (AvgIpc) is 2.67. The van der Waals surface area contributed by atoms with Crippen molar-refractivity contribution < 1.29 is 19.4 Å². The van der Waals surface area contributed by atoms with Gasteiger partial charge >= 0.3 is 0 Å². The summed E-state index contributed by atoms with van der Waals surface area (Å²) in [4.78, 5) is 12.2. The summed E-state index contributed by atoms with van der Waals surface area (Å²) in [5.74, 6) is 0.129. The van der Waals surface area contributed by atoms with Crippen molar-refractivity contribution in [3.8, 4) is 5.75 Å². The molecule has 0 aromatic heterocycles. The van der Waals surface area contributed by atoms with Crippen LogP contribution in [0.4, 0.5) is 0 Å². The lowest BCUT2D eigenvalue weighted by atomic mass is 10.0. The SMILES string of the molecule is CC(C)OCc1cc(CCNC(=O)c2ccccc2)cc(COC(C)C)c1O. The highest BCUT2D eigenvalue weighted by atomic mass is 16.5. The molecule has 28 heavy (non-hydrogen) atoms. The maximum atomic E-state index is 12.2. The summed E-state index contributed by atoms with van der Waals surface area (Å²) in [5, 5.41) is 13.5. The van der Waals surface area contributed by atoms with E-state index in [0.29, 0.717) is 31.7 Å². The zero-order valence-electron chi connectivity index (χ0n) is 17.2. The Kier molecular flexibility index (Phi) is 8.48. The molecule has 0 aliphatic heterocycles. The van der Waals surface area contributed by atoms with Crippen molar-refractivity contribution in [3.63, 3.8) is 0 Å². The van der Waals surface area contributed by atoms with E-state index in [0.717, 1.165) is 16.7 Å². The normalized spacial score (nSPS) is 11.2. The van der Waals surface area contributed by atoms with E-state index in [1.54, 1.807) is 12.1 Å². The third-order valence-corrected chi connectivity index (χ3v) is 4.21. The second-order valence-electron chi connectivity index (χ2n) is 7.35. The lowest BCUT2D eigenvalue weighted by molar-refractivity contribution is 0.0601. The summed E-state index contributed by atoms with van der Waals surface area (Å²) in [6, 6.07) is 13.0. The van der Waals surface area contributed by atoms with Gasteiger partial charge in [0.25, 0.3) is 5.91 Å². The van der Waals surface area contributed by atoms with Gasteiger partial charge in [-0.3, -0.25) is 4.79 Å². The fraction of sp³-hybridized carbons (Fsp3) is 0.435.